The van der Waals surface area contributed by atoms with Gasteiger partial charge in [-0.1, -0.05) is 48.5 Å². The molecule has 0 aliphatic carbocycles. The van der Waals surface area contributed by atoms with Gasteiger partial charge in [0.1, 0.15) is 12.4 Å². The van der Waals surface area contributed by atoms with E-state index in [-0.39, 0.29) is 0 Å². The number of imidazole rings is 1. The predicted octanol–water partition coefficient (Wildman–Crippen LogP) is 3.26. The number of aromatic nitrogens is 6. The summed E-state index contributed by atoms with van der Waals surface area (Å²) in [7, 11) is 1.94. The van der Waals surface area contributed by atoms with Gasteiger partial charge in [0, 0.05) is 35.8 Å². The van der Waals surface area contributed by atoms with Crippen molar-refractivity contribution in [2.75, 3.05) is 0 Å². The van der Waals surface area contributed by atoms with Crippen LogP contribution in [0, 0.1) is 0 Å². The number of hydrogen-bond donors (Lipinski definition) is 0. The first-order chi connectivity index (χ1) is 13.3. The van der Waals surface area contributed by atoms with E-state index in [4.69, 9.17) is 9.84 Å². The first-order valence-electron chi connectivity index (χ1n) is 8.60. The lowest BCUT2D eigenvalue weighted by Gasteiger charge is -2.10. The Bertz CT molecular complexity index is 1240. The van der Waals surface area contributed by atoms with Gasteiger partial charge in [-0.3, -0.25) is 0 Å². The fourth-order valence-electron chi connectivity index (χ4n) is 3.09. The summed E-state index contributed by atoms with van der Waals surface area (Å²) in [6.07, 6.45) is 3.64. The summed E-state index contributed by atoms with van der Waals surface area (Å²) < 4.78 is 9.71. The molecule has 7 nitrogen and oxygen atoms in total. The predicted molar refractivity (Wildman–Crippen MR) is 101 cm³/mol. The Morgan fingerprint density at radius 1 is 0.926 bits per heavy atom. The largest absolute Gasteiger partial charge is 0.468 e. The molecule has 0 aliphatic heterocycles. The highest BCUT2D eigenvalue weighted by molar-refractivity contribution is 5.97. The molecule has 0 aliphatic rings. The zero-order valence-corrected chi connectivity index (χ0v) is 14.6. The minimum absolute atomic E-state index is 0.328. The first-order valence-corrected chi connectivity index (χ1v) is 8.60. The van der Waals surface area contributed by atoms with Crippen LogP contribution in [0.3, 0.4) is 0 Å². The standard InChI is InChI=1S/C20H16N6O/c1-25-12-11-21-17(25)13-27-20-16-10-6-5-9-15(16)19-23-22-18(26(19)24-20)14-7-3-2-4-8-14/h2-12H,13H2,1H3. The molecular weight excluding hydrogens is 340 g/mol. The van der Waals surface area contributed by atoms with E-state index in [1.54, 1.807) is 10.7 Å². The molecule has 5 rings (SSSR count). The Labute approximate surface area is 154 Å². The van der Waals surface area contributed by atoms with Gasteiger partial charge in [-0.2, -0.15) is 4.52 Å². The monoisotopic (exact) mass is 356 g/mol. The maximum absolute atomic E-state index is 6.04. The van der Waals surface area contributed by atoms with Crippen molar-refractivity contribution in [1.82, 2.24) is 29.4 Å². The SMILES string of the molecule is Cn1ccnc1COc1nn2c(-c3ccccc3)nnc2c2ccccc12. The fraction of sp³-hybridized carbons (Fsp3) is 0.100. The van der Waals surface area contributed by atoms with Gasteiger partial charge in [0.25, 0.3) is 0 Å². The molecule has 0 amide bonds. The summed E-state index contributed by atoms with van der Waals surface area (Å²) in [4.78, 5) is 4.31. The van der Waals surface area contributed by atoms with Gasteiger partial charge in [-0.05, 0) is 6.07 Å². The number of ether oxygens (including phenoxy) is 1. The molecule has 27 heavy (non-hydrogen) atoms. The van der Waals surface area contributed by atoms with Crippen LogP contribution in [0.15, 0.2) is 67.0 Å². The smallest absolute Gasteiger partial charge is 0.240 e. The third-order valence-corrected chi connectivity index (χ3v) is 4.52. The summed E-state index contributed by atoms with van der Waals surface area (Å²) in [5.74, 6) is 2.03. The molecule has 3 aromatic heterocycles. The van der Waals surface area contributed by atoms with Gasteiger partial charge in [-0.15, -0.1) is 15.3 Å². The normalized spacial score (nSPS) is 11.3. The molecule has 0 N–H and O–H groups in total. The van der Waals surface area contributed by atoms with Crippen LogP contribution in [0.25, 0.3) is 27.8 Å². The quantitative estimate of drug-likeness (QED) is 0.494. The molecule has 0 radical (unpaired) electrons. The maximum atomic E-state index is 6.04. The minimum Gasteiger partial charge on any atom is -0.468 e. The van der Waals surface area contributed by atoms with E-state index >= 15 is 0 Å². The molecule has 3 heterocycles. The molecule has 0 unspecified atom stereocenters. The molecule has 0 atom stereocenters. The number of aryl methyl sites for hydroxylation is 1. The molecule has 0 saturated carbocycles. The van der Waals surface area contributed by atoms with Crippen LogP contribution in [0.2, 0.25) is 0 Å². The average Bonchev–Trinajstić information content (AvgIpc) is 3.33. The van der Waals surface area contributed by atoms with Crippen molar-refractivity contribution in [3.63, 3.8) is 0 Å². The number of nitrogens with zero attached hydrogens (tertiary/aromatic N) is 6. The minimum atomic E-state index is 0.328. The second kappa shape index (κ2) is 6.21. The van der Waals surface area contributed by atoms with Crippen LogP contribution in [0.5, 0.6) is 5.88 Å². The second-order valence-corrected chi connectivity index (χ2v) is 6.22. The third kappa shape index (κ3) is 2.60. The van der Waals surface area contributed by atoms with Gasteiger partial charge in [-0.25, -0.2) is 4.98 Å². The Morgan fingerprint density at radius 2 is 1.70 bits per heavy atom. The number of benzene rings is 2. The molecule has 0 fully saturated rings. The molecule has 7 heteroatoms. The average molecular weight is 356 g/mol. The van der Waals surface area contributed by atoms with Crippen LogP contribution in [0.1, 0.15) is 5.82 Å². The van der Waals surface area contributed by atoms with Crippen molar-refractivity contribution in [2.24, 2.45) is 7.05 Å². The molecule has 0 saturated heterocycles. The van der Waals surface area contributed by atoms with E-state index in [9.17, 15) is 0 Å². The third-order valence-electron chi connectivity index (χ3n) is 4.52. The Kier molecular flexibility index (Phi) is 3.57. The Hall–Kier alpha value is -3.74. The van der Waals surface area contributed by atoms with Gasteiger partial charge < -0.3 is 9.30 Å². The summed E-state index contributed by atoms with van der Waals surface area (Å²) in [6.45, 7) is 0.328. The van der Waals surface area contributed by atoms with Crippen molar-refractivity contribution in [2.45, 2.75) is 6.61 Å². The van der Waals surface area contributed by atoms with E-state index in [1.165, 1.54) is 0 Å². The number of hydrogen-bond acceptors (Lipinski definition) is 5. The molecule has 0 spiro atoms. The zero-order valence-electron chi connectivity index (χ0n) is 14.6. The van der Waals surface area contributed by atoms with E-state index in [1.807, 2.05) is 72.4 Å². The lowest BCUT2D eigenvalue weighted by molar-refractivity contribution is 0.280. The van der Waals surface area contributed by atoms with Crippen LogP contribution < -0.4 is 4.74 Å². The van der Waals surface area contributed by atoms with Crippen molar-refractivity contribution in [1.29, 1.82) is 0 Å². The van der Waals surface area contributed by atoms with E-state index in [0.717, 1.165) is 22.2 Å². The highest BCUT2D eigenvalue weighted by atomic mass is 16.5. The number of rotatable bonds is 4. The fourth-order valence-corrected chi connectivity index (χ4v) is 3.09. The van der Waals surface area contributed by atoms with E-state index < -0.39 is 0 Å². The summed E-state index contributed by atoms with van der Waals surface area (Å²) in [6, 6.07) is 17.8. The van der Waals surface area contributed by atoms with Gasteiger partial charge >= 0.3 is 0 Å². The van der Waals surface area contributed by atoms with Gasteiger partial charge in [0.2, 0.25) is 5.88 Å². The molecule has 5 aromatic rings. The number of fused-ring (bicyclic) bond motifs is 3. The van der Waals surface area contributed by atoms with Crippen LogP contribution in [-0.2, 0) is 13.7 Å². The van der Waals surface area contributed by atoms with Gasteiger partial charge in [0.15, 0.2) is 11.5 Å². The molecule has 0 bridgehead atoms. The molecule has 132 valence electrons. The second-order valence-electron chi connectivity index (χ2n) is 6.22. The van der Waals surface area contributed by atoms with Crippen LogP contribution >= 0.6 is 0 Å². The lowest BCUT2D eigenvalue weighted by atomic mass is 10.2. The zero-order chi connectivity index (χ0) is 18.2. The highest BCUT2D eigenvalue weighted by Gasteiger charge is 2.16. The maximum Gasteiger partial charge on any atom is 0.240 e. The van der Waals surface area contributed by atoms with Crippen molar-refractivity contribution < 1.29 is 4.74 Å². The van der Waals surface area contributed by atoms with Crippen molar-refractivity contribution >= 4 is 16.4 Å². The topological polar surface area (TPSA) is 70.1 Å². The lowest BCUT2D eigenvalue weighted by Crippen LogP contribution is -2.06. The Balaban J connectivity index is 1.67. The summed E-state index contributed by atoms with van der Waals surface area (Å²) in [5, 5.41) is 15.3. The van der Waals surface area contributed by atoms with Crippen molar-refractivity contribution in [3.8, 4) is 17.3 Å². The van der Waals surface area contributed by atoms with Crippen molar-refractivity contribution in [3.05, 3.63) is 72.8 Å². The first kappa shape index (κ1) is 15.5. The molecular formula is C20H16N6O. The van der Waals surface area contributed by atoms with E-state index in [2.05, 4.69) is 15.2 Å². The van der Waals surface area contributed by atoms with Crippen LogP contribution in [0.4, 0.5) is 0 Å². The highest BCUT2D eigenvalue weighted by Crippen LogP contribution is 2.29. The summed E-state index contributed by atoms with van der Waals surface area (Å²) in [5.41, 5.74) is 1.65. The van der Waals surface area contributed by atoms with Gasteiger partial charge in [0.05, 0.1) is 0 Å². The Morgan fingerprint density at radius 3 is 2.48 bits per heavy atom. The van der Waals surface area contributed by atoms with E-state index in [0.29, 0.717) is 24.0 Å². The molecule has 2 aromatic carbocycles. The summed E-state index contributed by atoms with van der Waals surface area (Å²) >= 11 is 0. The van der Waals surface area contributed by atoms with Crippen LogP contribution in [-0.4, -0.2) is 29.4 Å².